The van der Waals surface area contributed by atoms with E-state index in [0.29, 0.717) is 11.6 Å². The van der Waals surface area contributed by atoms with Gasteiger partial charge in [0.25, 0.3) is 0 Å². The maximum absolute atomic E-state index is 10.7. The van der Waals surface area contributed by atoms with E-state index in [1.807, 2.05) is 23.9 Å². The molecule has 1 N–H and O–H groups in total. The van der Waals surface area contributed by atoms with Crippen LogP contribution in [0.25, 0.3) is 0 Å². The normalized spacial score (nSPS) is 16.0. The Kier molecular flexibility index (Phi) is 4.49. The first-order valence-corrected chi connectivity index (χ1v) is 9.65. The minimum Gasteiger partial charge on any atom is -0.380 e. The summed E-state index contributed by atoms with van der Waals surface area (Å²) in [7, 11) is 1.82. The van der Waals surface area contributed by atoms with Crippen molar-refractivity contribution < 1.29 is 5.11 Å². The second-order valence-corrected chi connectivity index (χ2v) is 7.91. The molecule has 0 amide bonds. The summed E-state index contributed by atoms with van der Waals surface area (Å²) < 4.78 is 3.68. The fraction of sp³-hybridized carbons (Fsp3) is 0.529. The second-order valence-electron chi connectivity index (χ2n) is 6.92. The van der Waals surface area contributed by atoms with Crippen molar-refractivity contribution in [3.05, 3.63) is 40.4 Å². The molecule has 1 aliphatic rings. The molecular weight excluding hydrogens is 350 g/mol. The number of aromatic nitrogens is 6. The van der Waals surface area contributed by atoms with Gasteiger partial charge >= 0.3 is 0 Å². The average Bonchev–Trinajstić information content (AvgIpc) is 3.32. The highest BCUT2D eigenvalue weighted by Crippen LogP contribution is 2.29. The van der Waals surface area contributed by atoms with Crippen molar-refractivity contribution in [3.8, 4) is 0 Å². The zero-order valence-electron chi connectivity index (χ0n) is 15.2. The maximum Gasteiger partial charge on any atom is 0.208 e. The van der Waals surface area contributed by atoms with Gasteiger partial charge in [-0.1, -0.05) is 25.2 Å². The summed E-state index contributed by atoms with van der Waals surface area (Å²) in [5, 5.41) is 30.1. The van der Waals surface area contributed by atoms with Crippen LogP contribution in [0.4, 0.5) is 5.13 Å². The van der Waals surface area contributed by atoms with Gasteiger partial charge in [-0.25, -0.2) is 0 Å². The summed E-state index contributed by atoms with van der Waals surface area (Å²) in [6.45, 7) is 6.75. The fourth-order valence-electron chi connectivity index (χ4n) is 3.17. The summed E-state index contributed by atoms with van der Waals surface area (Å²) in [5.74, 6) is 0.388. The zero-order valence-corrected chi connectivity index (χ0v) is 16.0. The van der Waals surface area contributed by atoms with Gasteiger partial charge in [-0.3, -0.25) is 9.36 Å². The molecule has 3 aromatic rings. The molecule has 1 atom stereocenters. The number of rotatable bonds is 4. The van der Waals surface area contributed by atoms with E-state index in [2.05, 4.69) is 39.1 Å². The van der Waals surface area contributed by atoms with E-state index in [9.17, 15) is 5.11 Å². The first kappa shape index (κ1) is 17.2. The lowest BCUT2D eigenvalue weighted by atomic mass is 10.2. The van der Waals surface area contributed by atoms with Crippen molar-refractivity contribution in [1.29, 1.82) is 0 Å². The summed E-state index contributed by atoms with van der Waals surface area (Å²) >= 11 is 1.66. The Labute approximate surface area is 156 Å². The van der Waals surface area contributed by atoms with Crippen molar-refractivity contribution in [2.24, 2.45) is 7.05 Å². The van der Waals surface area contributed by atoms with Gasteiger partial charge in [0.05, 0.1) is 23.6 Å². The lowest BCUT2D eigenvalue weighted by molar-refractivity contribution is 0.203. The highest BCUT2D eigenvalue weighted by atomic mass is 32.1. The van der Waals surface area contributed by atoms with E-state index in [1.54, 1.807) is 22.2 Å². The molecule has 0 aromatic carbocycles. The third kappa shape index (κ3) is 3.12. The predicted octanol–water partition coefficient (Wildman–Crippen LogP) is 2.08. The number of nitrogens with zero attached hydrogens (tertiary/aromatic N) is 7. The van der Waals surface area contributed by atoms with Gasteiger partial charge < -0.3 is 10.0 Å². The molecule has 0 unspecified atom stereocenters. The molecule has 0 bridgehead atoms. The van der Waals surface area contributed by atoms with Crippen molar-refractivity contribution in [1.82, 2.24) is 29.8 Å². The van der Waals surface area contributed by atoms with E-state index in [4.69, 9.17) is 0 Å². The quantitative estimate of drug-likeness (QED) is 0.754. The first-order chi connectivity index (χ1) is 12.5. The zero-order chi connectivity index (χ0) is 18.3. The Morgan fingerprint density at radius 3 is 2.77 bits per heavy atom. The summed E-state index contributed by atoms with van der Waals surface area (Å²) in [6, 6.07) is 3.80. The van der Waals surface area contributed by atoms with Crippen LogP contribution in [0.1, 0.15) is 54.4 Å². The molecule has 1 aliphatic heterocycles. The van der Waals surface area contributed by atoms with Gasteiger partial charge in [0, 0.05) is 32.3 Å². The number of hydrogen-bond acceptors (Lipinski definition) is 7. The van der Waals surface area contributed by atoms with Gasteiger partial charge in [0.1, 0.15) is 11.1 Å². The predicted molar refractivity (Wildman–Crippen MR) is 99.2 cm³/mol. The Morgan fingerprint density at radius 1 is 1.23 bits per heavy atom. The number of anilines is 1. The van der Waals surface area contributed by atoms with Crippen LogP contribution in [0.5, 0.6) is 0 Å². The van der Waals surface area contributed by atoms with E-state index in [-0.39, 0.29) is 0 Å². The maximum atomic E-state index is 10.7. The SMILES string of the molecule is CC(C)c1nnc(N2CCCn3nc([C@H](O)c4ccnn4C)cc3C2)s1. The van der Waals surface area contributed by atoms with E-state index in [1.165, 1.54) is 0 Å². The number of fused-ring (bicyclic) bond motifs is 1. The monoisotopic (exact) mass is 373 g/mol. The molecule has 9 heteroatoms. The van der Waals surface area contributed by atoms with Crippen LogP contribution >= 0.6 is 11.3 Å². The van der Waals surface area contributed by atoms with Gasteiger partial charge in [-0.2, -0.15) is 10.2 Å². The molecule has 0 saturated heterocycles. The third-order valence-electron chi connectivity index (χ3n) is 4.65. The van der Waals surface area contributed by atoms with Gasteiger partial charge in [0.15, 0.2) is 0 Å². The van der Waals surface area contributed by atoms with Crippen LogP contribution in [-0.2, 0) is 20.1 Å². The molecule has 26 heavy (non-hydrogen) atoms. The van der Waals surface area contributed by atoms with Gasteiger partial charge in [-0.15, -0.1) is 10.2 Å². The molecule has 0 radical (unpaired) electrons. The summed E-state index contributed by atoms with van der Waals surface area (Å²) in [6.07, 6.45) is 1.89. The van der Waals surface area contributed by atoms with Crippen LogP contribution in [0.3, 0.4) is 0 Å². The largest absolute Gasteiger partial charge is 0.380 e. The highest BCUT2D eigenvalue weighted by molar-refractivity contribution is 7.15. The average molecular weight is 373 g/mol. The minimum atomic E-state index is -0.774. The summed E-state index contributed by atoms with van der Waals surface area (Å²) in [5.41, 5.74) is 2.48. The molecule has 4 heterocycles. The number of aryl methyl sites for hydroxylation is 2. The van der Waals surface area contributed by atoms with Crippen molar-refractivity contribution in [2.45, 2.75) is 45.4 Å². The van der Waals surface area contributed by atoms with E-state index < -0.39 is 6.10 Å². The fourth-order valence-corrected chi connectivity index (χ4v) is 4.04. The third-order valence-corrected chi connectivity index (χ3v) is 5.93. The molecule has 0 fully saturated rings. The van der Waals surface area contributed by atoms with Crippen molar-refractivity contribution in [3.63, 3.8) is 0 Å². The first-order valence-electron chi connectivity index (χ1n) is 8.84. The van der Waals surface area contributed by atoms with Gasteiger partial charge in [-0.05, 0) is 18.6 Å². The Hall–Kier alpha value is -2.26. The van der Waals surface area contributed by atoms with Crippen LogP contribution < -0.4 is 4.90 Å². The Bertz CT molecular complexity index is 897. The van der Waals surface area contributed by atoms with Crippen LogP contribution in [0, 0.1) is 0 Å². The second kappa shape index (κ2) is 6.81. The lowest BCUT2D eigenvalue weighted by Gasteiger charge is -2.17. The topological polar surface area (TPSA) is 84.9 Å². The molecule has 138 valence electrons. The van der Waals surface area contributed by atoms with Crippen LogP contribution in [-0.4, -0.2) is 41.4 Å². The van der Waals surface area contributed by atoms with Crippen molar-refractivity contribution >= 4 is 16.5 Å². The lowest BCUT2D eigenvalue weighted by Crippen LogP contribution is -2.22. The summed E-state index contributed by atoms with van der Waals surface area (Å²) in [4.78, 5) is 2.25. The van der Waals surface area contributed by atoms with E-state index >= 15 is 0 Å². The van der Waals surface area contributed by atoms with Crippen molar-refractivity contribution in [2.75, 3.05) is 11.4 Å². The van der Waals surface area contributed by atoms with Gasteiger partial charge in [0.2, 0.25) is 5.13 Å². The number of aliphatic hydroxyl groups excluding tert-OH is 1. The molecule has 8 nitrogen and oxygen atoms in total. The molecule has 4 rings (SSSR count). The molecule has 0 aliphatic carbocycles. The number of hydrogen-bond donors (Lipinski definition) is 1. The molecular formula is C17H23N7OS. The standard InChI is InChI=1S/C17H23N7OS/c1-11(2)16-19-20-17(26-16)23-7-4-8-24-12(10-23)9-13(21-24)15(25)14-5-6-18-22(14)3/h5-6,9,11,15,25H,4,7-8,10H2,1-3H3/t15-/m0/s1. The highest BCUT2D eigenvalue weighted by Gasteiger charge is 2.24. The van der Waals surface area contributed by atoms with Crippen LogP contribution in [0.2, 0.25) is 0 Å². The molecule has 0 saturated carbocycles. The minimum absolute atomic E-state index is 0.388. The smallest absolute Gasteiger partial charge is 0.208 e. The Morgan fingerprint density at radius 2 is 2.08 bits per heavy atom. The Balaban J connectivity index is 1.58. The van der Waals surface area contributed by atoms with E-state index in [0.717, 1.165) is 47.6 Å². The molecule has 0 spiro atoms. The van der Waals surface area contributed by atoms with Crippen LogP contribution in [0.15, 0.2) is 18.3 Å². The number of aliphatic hydroxyl groups is 1. The molecule has 3 aromatic heterocycles.